The van der Waals surface area contributed by atoms with Gasteiger partial charge < -0.3 is 0 Å². The van der Waals surface area contributed by atoms with Gasteiger partial charge in [0.15, 0.2) is 0 Å². The van der Waals surface area contributed by atoms with Crippen LogP contribution < -0.4 is 0 Å². The Morgan fingerprint density at radius 3 is 1.00 bits per heavy atom. The molecule has 0 unspecified atom stereocenters. The van der Waals surface area contributed by atoms with E-state index in [4.69, 9.17) is 0 Å². The van der Waals surface area contributed by atoms with E-state index in [9.17, 15) is 0 Å². The molecule has 0 N–H and O–H groups in total. The first kappa shape index (κ1) is 13.3. The Kier molecular flexibility index (Phi) is 4.04. The van der Waals surface area contributed by atoms with Crippen LogP contribution in [-0.2, 0) is 0 Å². The van der Waals surface area contributed by atoms with E-state index >= 15 is 0 Å². The van der Waals surface area contributed by atoms with Crippen LogP contribution in [0, 0.1) is 10.8 Å². The quantitative estimate of drug-likeness (QED) is 0.448. The zero-order valence-corrected chi connectivity index (χ0v) is 10.9. The molecular formula is C12H24N2. The first-order valence-electron chi connectivity index (χ1n) is 5.15. The minimum Gasteiger partial charge on any atom is -0.160 e. The van der Waals surface area contributed by atoms with Gasteiger partial charge in [-0.3, -0.25) is 0 Å². The zero-order chi connectivity index (χ0) is 11.6. The van der Waals surface area contributed by atoms with Crippen molar-refractivity contribution in [1.29, 1.82) is 0 Å². The van der Waals surface area contributed by atoms with Crippen LogP contribution in [0.3, 0.4) is 0 Å². The molecule has 0 aromatic carbocycles. The van der Waals surface area contributed by atoms with Gasteiger partial charge in [-0.1, -0.05) is 41.5 Å². The predicted octanol–water partition coefficient (Wildman–Crippen LogP) is 3.92. The molecule has 0 radical (unpaired) electrons. The minimum absolute atomic E-state index is 0.113. The molecule has 0 heterocycles. The maximum Gasteiger partial charge on any atom is 0.0428 e. The second-order valence-corrected chi connectivity index (χ2v) is 5.87. The van der Waals surface area contributed by atoms with Crippen molar-refractivity contribution in [3.8, 4) is 0 Å². The molecule has 0 aromatic rings. The molecular weight excluding hydrogens is 172 g/mol. The summed E-state index contributed by atoms with van der Waals surface area (Å²) in [5, 5.41) is 8.53. The molecule has 0 spiro atoms. The Hall–Kier alpha value is -0.660. The molecule has 82 valence electrons. The van der Waals surface area contributed by atoms with E-state index in [1.54, 1.807) is 0 Å². The lowest BCUT2D eigenvalue weighted by molar-refractivity contribution is 0.577. The van der Waals surface area contributed by atoms with Gasteiger partial charge in [0.1, 0.15) is 0 Å². The summed E-state index contributed by atoms with van der Waals surface area (Å²) in [5.41, 5.74) is 2.37. The fourth-order valence-electron chi connectivity index (χ4n) is 0.450. The number of hydrogen-bond acceptors (Lipinski definition) is 2. The Labute approximate surface area is 88.5 Å². The van der Waals surface area contributed by atoms with E-state index in [1.807, 2.05) is 13.8 Å². The van der Waals surface area contributed by atoms with Gasteiger partial charge in [-0.05, 0) is 13.8 Å². The average molecular weight is 196 g/mol. The first-order chi connectivity index (χ1) is 6.05. The van der Waals surface area contributed by atoms with Gasteiger partial charge in [-0.25, -0.2) is 0 Å². The van der Waals surface area contributed by atoms with Crippen molar-refractivity contribution in [3.63, 3.8) is 0 Å². The number of rotatable bonds is 1. The first-order valence-corrected chi connectivity index (χ1v) is 5.15. The van der Waals surface area contributed by atoms with Gasteiger partial charge in [0.05, 0.1) is 0 Å². The van der Waals surface area contributed by atoms with Gasteiger partial charge in [-0.15, -0.1) is 0 Å². The second kappa shape index (κ2) is 4.24. The topological polar surface area (TPSA) is 24.7 Å². The van der Waals surface area contributed by atoms with Crippen molar-refractivity contribution in [2.75, 3.05) is 0 Å². The zero-order valence-electron chi connectivity index (χ0n) is 10.9. The van der Waals surface area contributed by atoms with Crippen LogP contribution >= 0.6 is 0 Å². The average Bonchev–Trinajstić information content (AvgIpc) is 1.95. The highest BCUT2D eigenvalue weighted by atomic mass is 15.2. The smallest absolute Gasteiger partial charge is 0.0428 e. The standard InChI is InChI=1S/C12H24N2/c1-9(11(3,4)5)13-14-10(2)12(6,7)8/h1-8H3/b13-9-,14-10+. The van der Waals surface area contributed by atoms with E-state index in [1.165, 1.54) is 0 Å². The van der Waals surface area contributed by atoms with Crippen LogP contribution in [0.1, 0.15) is 55.4 Å². The third-order valence-corrected chi connectivity index (χ3v) is 2.52. The molecule has 2 nitrogen and oxygen atoms in total. The molecule has 0 aromatic heterocycles. The Morgan fingerprint density at radius 2 is 0.857 bits per heavy atom. The summed E-state index contributed by atoms with van der Waals surface area (Å²) in [5.74, 6) is 0. The van der Waals surface area contributed by atoms with Crippen molar-refractivity contribution >= 4 is 11.4 Å². The van der Waals surface area contributed by atoms with Gasteiger partial charge in [-0.2, -0.15) is 10.2 Å². The molecule has 0 saturated heterocycles. The van der Waals surface area contributed by atoms with Crippen molar-refractivity contribution in [2.24, 2.45) is 21.0 Å². The van der Waals surface area contributed by atoms with Gasteiger partial charge in [0.25, 0.3) is 0 Å². The van der Waals surface area contributed by atoms with Crippen LogP contribution in [-0.4, -0.2) is 11.4 Å². The normalized spacial score (nSPS) is 16.0. The van der Waals surface area contributed by atoms with E-state index in [0.29, 0.717) is 0 Å². The molecule has 0 amide bonds. The van der Waals surface area contributed by atoms with Crippen LogP contribution in [0.15, 0.2) is 10.2 Å². The fourth-order valence-corrected chi connectivity index (χ4v) is 0.450. The van der Waals surface area contributed by atoms with E-state index in [-0.39, 0.29) is 10.8 Å². The largest absolute Gasteiger partial charge is 0.160 e. The molecule has 0 saturated carbocycles. The second-order valence-electron chi connectivity index (χ2n) is 5.87. The molecule has 0 bridgehead atoms. The third-order valence-electron chi connectivity index (χ3n) is 2.52. The summed E-state index contributed by atoms with van der Waals surface area (Å²) in [6.45, 7) is 16.9. The molecule has 0 aliphatic carbocycles. The van der Waals surface area contributed by atoms with E-state index in [0.717, 1.165) is 11.4 Å². The SMILES string of the molecule is C/C(=N/N=C(\C)C(C)(C)C)C(C)(C)C. The molecule has 0 fully saturated rings. The number of hydrogen-bond donors (Lipinski definition) is 0. The summed E-state index contributed by atoms with van der Waals surface area (Å²) in [4.78, 5) is 0. The summed E-state index contributed by atoms with van der Waals surface area (Å²) in [6.07, 6.45) is 0. The molecule has 0 atom stereocenters. The Bertz CT molecular complexity index is 218. The lowest BCUT2D eigenvalue weighted by Gasteiger charge is -2.19. The summed E-state index contributed by atoms with van der Waals surface area (Å²) >= 11 is 0. The Morgan fingerprint density at radius 1 is 0.643 bits per heavy atom. The van der Waals surface area contributed by atoms with E-state index < -0.39 is 0 Å². The van der Waals surface area contributed by atoms with Gasteiger partial charge in [0, 0.05) is 22.3 Å². The summed E-state index contributed by atoms with van der Waals surface area (Å²) in [6, 6.07) is 0. The Balaban J connectivity index is 4.73. The lowest BCUT2D eigenvalue weighted by Crippen LogP contribution is -2.18. The van der Waals surface area contributed by atoms with Gasteiger partial charge in [0.2, 0.25) is 0 Å². The molecule has 0 aliphatic heterocycles. The number of nitrogens with zero attached hydrogens (tertiary/aromatic N) is 2. The summed E-state index contributed by atoms with van der Waals surface area (Å²) < 4.78 is 0. The molecule has 14 heavy (non-hydrogen) atoms. The van der Waals surface area contributed by atoms with Crippen molar-refractivity contribution in [2.45, 2.75) is 55.4 Å². The van der Waals surface area contributed by atoms with Crippen LogP contribution in [0.4, 0.5) is 0 Å². The van der Waals surface area contributed by atoms with Crippen LogP contribution in [0.5, 0.6) is 0 Å². The molecule has 0 rings (SSSR count). The van der Waals surface area contributed by atoms with Crippen molar-refractivity contribution < 1.29 is 0 Å². The van der Waals surface area contributed by atoms with E-state index in [2.05, 4.69) is 51.7 Å². The monoisotopic (exact) mass is 196 g/mol. The predicted molar refractivity (Wildman–Crippen MR) is 65.1 cm³/mol. The minimum atomic E-state index is 0.113. The molecule has 2 heteroatoms. The van der Waals surface area contributed by atoms with Crippen LogP contribution in [0.2, 0.25) is 0 Å². The maximum atomic E-state index is 4.27. The fraction of sp³-hybridized carbons (Fsp3) is 0.833. The lowest BCUT2D eigenvalue weighted by atomic mass is 9.91. The van der Waals surface area contributed by atoms with Crippen molar-refractivity contribution in [3.05, 3.63) is 0 Å². The highest BCUT2D eigenvalue weighted by Crippen LogP contribution is 2.18. The third kappa shape index (κ3) is 4.54. The van der Waals surface area contributed by atoms with Crippen LogP contribution in [0.25, 0.3) is 0 Å². The summed E-state index contributed by atoms with van der Waals surface area (Å²) in [7, 11) is 0. The highest BCUT2D eigenvalue weighted by molar-refractivity contribution is 5.90. The highest BCUT2D eigenvalue weighted by Gasteiger charge is 2.16. The molecule has 0 aliphatic rings. The van der Waals surface area contributed by atoms with Crippen molar-refractivity contribution in [1.82, 2.24) is 0 Å². The van der Waals surface area contributed by atoms with Gasteiger partial charge >= 0.3 is 0 Å². The maximum absolute atomic E-state index is 4.27.